The third kappa shape index (κ3) is 2.00. The van der Waals surface area contributed by atoms with Crippen molar-refractivity contribution in [3.63, 3.8) is 0 Å². The van der Waals surface area contributed by atoms with Crippen LogP contribution < -0.4 is 0 Å². The number of dihydropyridines is 1. The molecule has 0 spiro atoms. The molecule has 0 bridgehead atoms. The second-order valence-electron chi connectivity index (χ2n) is 8.66. The van der Waals surface area contributed by atoms with Crippen LogP contribution >= 0.6 is 0 Å². The van der Waals surface area contributed by atoms with Gasteiger partial charge in [-0.1, -0.05) is 76.2 Å². The van der Waals surface area contributed by atoms with Gasteiger partial charge in [-0.05, 0) is 50.6 Å². The lowest BCUT2D eigenvalue weighted by molar-refractivity contribution is 0.432. The van der Waals surface area contributed by atoms with Gasteiger partial charge in [-0.15, -0.1) is 0 Å². The fourth-order valence-electron chi connectivity index (χ4n) is 5.12. The van der Waals surface area contributed by atoms with E-state index in [1.165, 1.54) is 38.6 Å². The van der Waals surface area contributed by atoms with Crippen molar-refractivity contribution in [2.24, 2.45) is 16.8 Å². The molecule has 0 aromatic heterocycles. The number of hydrogen-bond donors (Lipinski definition) is 0. The van der Waals surface area contributed by atoms with Gasteiger partial charge < -0.3 is 0 Å². The maximum absolute atomic E-state index is 4.95. The molecule has 3 aliphatic rings. The predicted octanol–water partition coefficient (Wildman–Crippen LogP) is 6.32. The van der Waals surface area contributed by atoms with Crippen LogP contribution in [0.4, 0.5) is 0 Å². The molecule has 130 valence electrons. The van der Waals surface area contributed by atoms with Gasteiger partial charge >= 0.3 is 0 Å². The molecule has 5 rings (SSSR count). The fraction of sp³-hybridized carbons (Fsp3) is 0.320. The molecule has 0 saturated carbocycles. The van der Waals surface area contributed by atoms with Crippen molar-refractivity contribution in [3.05, 3.63) is 82.5 Å². The molecule has 0 radical (unpaired) electrons. The molecular formula is C25H25N. The SMILES string of the molecule is CC(C)C1=CC2=CC=NC3c4ccc5ccccc5c4C(C)(C)C(=C1)C23. The van der Waals surface area contributed by atoms with Crippen molar-refractivity contribution in [1.82, 2.24) is 0 Å². The van der Waals surface area contributed by atoms with Crippen LogP contribution in [0.15, 0.2) is 76.3 Å². The van der Waals surface area contributed by atoms with Crippen LogP contribution in [0.5, 0.6) is 0 Å². The van der Waals surface area contributed by atoms with Crippen LogP contribution in [0, 0.1) is 11.8 Å². The highest BCUT2D eigenvalue weighted by Crippen LogP contribution is 2.57. The molecular weight excluding hydrogens is 314 g/mol. The molecule has 0 fully saturated rings. The minimum atomic E-state index is -0.00227. The van der Waals surface area contributed by atoms with Gasteiger partial charge in [0.1, 0.15) is 0 Å². The third-order valence-electron chi connectivity index (χ3n) is 6.47. The van der Waals surface area contributed by atoms with Gasteiger partial charge in [0, 0.05) is 17.5 Å². The van der Waals surface area contributed by atoms with Crippen LogP contribution in [0.2, 0.25) is 0 Å². The normalized spacial score (nSPS) is 25.3. The van der Waals surface area contributed by atoms with Gasteiger partial charge in [0.25, 0.3) is 0 Å². The highest BCUT2D eigenvalue weighted by atomic mass is 14.8. The van der Waals surface area contributed by atoms with Crippen LogP contribution in [0.3, 0.4) is 0 Å². The van der Waals surface area contributed by atoms with Gasteiger partial charge in [-0.2, -0.15) is 0 Å². The summed E-state index contributed by atoms with van der Waals surface area (Å²) in [7, 11) is 0. The zero-order valence-electron chi connectivity index (χ0n) is 16.0. The molecule has 26 heavy (non-hydrogen) atoms. The second-order valence-corrected chi connectivity index (χ2v) is 8.66. The third-order valence-corrected chi connectivity index (χ3v) is 6.47. The standard InChI is InChI=1S/C25H25N/c1-15(2)18-13-17-11-12-26-24-20-10-9-16-7-5-6-8-19(16)23(20)25(3,4)21(14-18)22(17)24/h5-15,22,24H,1-4H3. The fourth-order valence-corrected chi connectivity index (χ4v) is 5.12. The Morgan fingerprint density at radius 3 is 2.62 bits per heavy atom. The number of nitrogens with zero attached hydrogens (tertiary/aromatic N) is 1. The number of benzene rings is 2. The summed E-state index contributed by atoms with van der Waals surface area (Å²) >= 11 is 0. The minimum absolute atomic E-state index is 0.00227. The van der Waals surface area contributed by atoms with E-state index in [1.54, 1.807) is 0 Å². The van der Waals surface area contributed by atoms with Crippen LogP contribution in [0.25, 0.3) is 10.8 Å². The zero-order chi connectivity index (χ0) is 18.1. The average Bonchev–Trinajstić information content (AvgIpc) is 2.64. The summed E-state index contributed by atoms with van der Waals surface area (Å²) < 4.78 is 0. The minimum Gasteiger partial charge on any atom is -0.284 e. The largest absolute Gasteiger partial charge is 0.284 e. The molecule has 2 unspecified atom stereocenters. The summed E-state index contributed by atoms with van der Waals surface area (Å²) in [6, 6.07) is 13.6. The van der Waals surface area contributed by atoms with E-state index in [0.717, 1.165) is 0 Å². The molecule has 2 atom stereocenters. The van der Waals surface area contributed by atoms with Gasteiger partial charge in [-0.3, -0.25) is 4.99 Å². The molecule has 0 N–H and O–H groups in total. The number of fused-ring (bicyclic) bond motifs is 4. The van der Waals surface area contributed by atoms with E-state index in [4.69, 9.17) is 4.99 Å². The Balaban J connectivity index is 1.86. The topological polar surface area (TPSA) is 12.4 Å². The van der Waals surface area contributed by atoms with Crippen molar-refractivity contribution in [2.75, 3.05) is 0 Å². The van der Waals surface area contributed by atoms with Gasteiger partial charge in [0.2, 0.25) is 0 Å². The molecule has 1 nitrogen and oxygen atoms in total. The quantitative estimate of drug-likeness (QED) is 0.576. The highest BCUT2D eigenvalue weighted by molar-refractivity contribution is 5.90. The van der Waals surface area contributed by atoms with Crippen molar-refractivity contribution >= 4 is 17.0 Å². The summed E-state index contributed by atoms with van der Waals surface area (Å²) in [4.78, 5) is 4.95. The maximum Gasteiger partial charge on any atom is 0.0858 e. The zero-order valence-corrected chi connectivity index (χ0v) is 16.0. The van der Waals surface area contributed by atoms with E-state index in [9.17, 15) is 0 Å². The first-order chi connectivity index (χ1) is 12.5. The Morgan fingerprint density at radius 2 is 1.81 bits per heavy atom. The maximum atomic E-state index is 4.95. The Labute approximate surface area is 155 Å². The lowest BCUT2D eigenvalue weighted by Gasteiger charge is -2.47. The highest BCUT2D eigenvalue weighted by Gasteiger charge is 2.46. The molecule has 2 aliphatic carbocycles. The van der Waals surface area contributed by atoms with Crippen molar-refractivity contribution in [1.29, 1.82) is 0 Å². The summed E-state index contributed by atoms with van der Waals surface area (Å²) in [6.45, 7) is 9.38. The van der Waals surface area contributed by atoms with E-state index in [2.05, 4.69) is 82.3 Å². The second kappa shape index (κ2) is 5.30. The van der Waals surface area contributed by atoms with E-state index in [1.807, 2.05) is 6.21 Å². The Morgan fingerprint density at radius 1 is 1.00 bits per heavy atom. The first-order valence-electron chi connectivity index (χ1n) is 9.67. The van der Waals surface area contributed by atoms with Crippen LogP contribution in [0.1, 0.15) is 44.9 Å². The van der Waals surface area contributed by atoms with Gasteiger partial charge in [0.05, 0.1) is 6.04 Å². The van der Waals surface area contributed by atoms with Crippen molar-refractivity contribution in [2.45, 2.75) is 39.2 Å². The lowest BCUT2D eigenvalue weighted by atomic mass is 9.58. The van der Waals surface area contributed by atoms with E-state index in [-0.39, 0.29) is 11.5 Å². The summed E-state index contributed by atoms with van der Waals surface area (Å²) in [5.74, 6) is 0.914. The molecule has 0 amide bonds. The first-order valence-corrected chi connectivity index (χ1v) is 9.67. The molecule has 1 aliphatic heterocycles. The van der Waals surface area contributed by atoms with E-state index < -0.39 is 0 Å². The number of hydrogen-bond acceptors (Lipinski definition) is 1. The number of aliphatic imine (C=N–C) groups is 1. The number of allylic oxidation sites excluding steroid dienone is 4. The Kier molecular flexibility index (Phi) is 3.22. The molecule has 1 heteroatoms. The first kappa shape index (κ1) is 15.8. The smallest absolute Gasteiger partial charge is 0.0858 e. The van der Waals surface area contributed by atoms with Gasteiger partial charge in [0.15, 0.2) is 0 Å². The van der Waals surface area contributed by atoms with Gasteiger partial charge in [-0.25, -0.2) is 0 Å². The monoisotopic (exact) mass is 339 g/mol. The van der Waals surface area contributed by atoms with E-state index in [0.29, 0.717) is 11.8 Å². The summed E-state index contributed by atoms with van der Waals surface area (Å²) in [5, 5.41) is 2.70. The molecule has 1 heterocycles. The summed E-state index contributed by atoms with van der Waals surface area (Å²) in [5.41, 5.74) is 7.26. The Bertz CT molecular complexity index is 1040. The Hall–Kier alpha value is -2.41. The van der Waals surface area contributed by atoms with Crippen molar-refractivity contribution < 1.29 is 0 Å². The molecule has 2 aromatic carbocycles. The lowest BCUT2D eigenvalue weighted by Crippen LogP contribution is -2.38. The van der Waals surface area contributed by atoms with Crippen molar-refractivity contribution in [3.8, 4) is 0 Å². The average molecular weight is 339 g/mol. The van der Waals surface area contributed by atoms with Crippen LogP contribution in [-0.4, -0.2) is 6.21 Å². The number of rotatable bonds is 1. The van der Waals surface area contributed by atoms with Crippen LogP contribution in [-0.2, 0) is 5.41 Å². The molecule has 2 aromatic rings. The van der Waals surface area contributed by atoms with E-state index >= 15 is 0 Å². The molecule has 0 saturated heterocycles. The predicted molar refractivity (Wildman–Crippen MR) is 111 cm³/mol. The summed E-state index contributed by atoms with van der Waals surface area (Å²) in [6.07, 6.45) is 9.12.